The molecule has 21 heavy (non-hydrogen) atoms. The average molecular weight is 293 g/mol. The van der Waals surface area contributed by atoms with Crippen LogP contribution in [0, 0.1) is 0 Å². The van der Waals surface area contributed by atoms with Crippen LogP contribution >= 0.6 is 0 Å². The number of aromatic nitrogens is 2. The number of rotatable bonds is 5. The Hall–Kier alpha value is -2.05. The highest BCUT2D eigenvalue weighted by atomic mass is 16.6. The molecule has 1 aromatic rings. The van der Waals surface area contributed by atoms with Crippen molar-refractivity contribution in [3.8, 4) is 0 Å². The van der Waals surface area contributed by atoms with E-state index in [0.29, 0.717) is 19.7 Å². The molecule has 116 valence electrons. The Balaban J connectivity index is 1.91. The maximum absolute atomic E-state index is 11.7. The molecule has 2 rings (SSSR count). The van der Waals surface area contributed by atoms with Gasteiger partial charge in [-0.3, -0.25) is 4.98 Å². The molecule has 1 N–H and O–H groups in total. The number of carbonyl (C=O) groups excluding carboxylic acids is 1. The minimum atomic E-state index is -0.235. The Kier molecular flexibility index (Phi) is 5.59. The summed E-state index contributed by atoms with van der Waals surface area (Å²) in [5, 5.41) is 3.23. The Morgan fingerprint density at radius 3 is 2.71 bits per heavy atom. The second-order valence-corrected chi connectivity index (χ2v) is 4.86. The molecule has 1 amide bonds. The molecule has 0 unspecified atom stereocenters. The van der Waals surface area contributed by atoms with Gasteiger partial charge in [0.1, 0.15) is 11.6 Å². The Morgan fingerprint density at radius 2 is 2.05 bits per heavy atom. The van der Waals surface area contributed by atoms with Gasteiger partial charge in [-0.1, -0.05) is 6.92 Å². The predicted octanol–water partition coefficient (Wildman–Crippen LogP) is 1.58. The van der Waals surface area contributed by atoms with Crippen molar-refractivity contribution < 1.29 is 9.53 Å². The molecule has 1 aromatic heterocycles. The summed E-state index contributed by atoms with van der Waals surface area (Å²) in [6.07, 6.45) is 4.30. The van der Waals surface area contributed by atoms with Crippen molar-refractivity contribution >= 4 is 17.7 Å². The van der Waals surface area contributed by atoms with E-state index in [0.717, 1.165) is 37.7 Å². The second-order valence-electron chi connectivity index (χ2n) is 4.86. The van der Waals surface area contributed by atoms with Crippen molar-refractivity contribution in [3.05, 3.63) is 12.4 Å². The number of ether oxygens (including phenoxy) is 1. The molecule has 0 aromatic carbocycles. The molecular formula is C14H23N5O2. The van der Waals surface area contributed by atoms with Crippen LogP contribution in [0.1, 0.15) is 20.3 Å². The monoisotopic (exact) mass is 293 g/mol. The first-order valence-corrected chi connectivity index (χ1v) is 7.47. The molecule has 0 aliphatic carbocycles. The SMILES string of the molecule is CCCNc1cncc(N2CCN(C(=O)OCC)CC2)n1. The molecule has 1 aliphatic rings. The maximum atomic E-state index is 11.7. The van der Waals surface area contributed by atoms with Crippen molar-refractivity contribution in [3.63, 3.8) is 0 Å². The van der Waals surface area contributed by atoms with Crippen molar-refractivity contribution in [2.75, 3.05) is 49.5 Å². The number of anilines is 2. The van der Waals surface area contributed by atoms with Gasteiger partial charge in [-0.15, -0.1) is 0 Å². The van der Waals surface area contributed by atoms with Crippen molar-refractivity contribution in [2.45, 2.75) is 20.3 Å². The van der Waals surface area contributed by atoms with Crippen molar-refractivity contribution in [1.29, 1.82) is 0 Å². The summed E-state index contributed by atoms with van der Waals surface area (Å²) in [5.41, 5.74) is 0. The largest absolute Gasteiger partial charge is 0.450 e. The summed E-state index contributed by atoms with van der Waals surface area (Å²) in [5.74, 6) is 1.64. The van der Waals surface area contributed by atoms with Crippen molar-refractivity contribution in [2.24, 2.45) is 0 Å². The summed E-state index contributed by atoms with van der Waals surface area (Å²) < 4.78 is 5.02. The number of piperazine rings is 1. The van der Waals surface area contributed by atoms with E-state index in [4.69, 9.17) is 4.74 Å². The van der Waals surface area contributed by atoms with Crippen LogP contribution in [0.15, 0.2) is 12.4 Å². The molecule has 0 saturated carbocycles. The molecule has 7 heteroatoms. The number of nitrogens with zero attached hydrogens (tertiary/aromatic N) is 4. The third kappa shape index (κ3) is 4.21. The first kappa shape index (κ1) is 15.3. The number of carbonyl (C=O) groups is 1. The molecule has 0 bridgehead atoms. The van der Waals surface area contributed by atoms with Gasteiger partial charge in [-0.2, -0.15) is 0 Å². The lowest BCUT2D eigenvalue weighted by Crippen LogP contribution is -2.49. The minimum Gasteiger partial charge on any atom is -0.450 e. The molecule has 2 heterocycles. The number of hydrogen-bond donors (Lipinski definition) is 1. The third-order valence-corrected chi connectivity index (χ3v) is 3.31. The fourth-order valence-electron chi connectivity index (χ4n) is 2.18. The van der Waals surface area contributed by atoms with Gasteiger partial charge in [-0.05, 0) is 13.3 Å². The molecule has 1 saturated heterocycles. The van der Waals surface area contributed by atoms with Crippen molar-refractivity contribution in [1.82, 2.24) is 14.9 Å². The molecule has 0 atom stereocenters. The maximum Gasteiger partial charge on any atom is 0.409 e. The van der Waals surface area contributed by atoms with Gasteiger partial charge in [0.15, 0.2) is 0 Å². The van der Waals surface area contributed by atoms with Gasteiger partial charge >= 0.3 is 6.09 Å². The first-order valence-electron chi connectivity index (χ1n) is 7.47. The summed E-state index contributed by atoms with van der Waals surface area (Å²) in [7, 11) is 0. The second kappa shape index (κ2) is 7.66. The van der Waals surface area contributed by atoms with Gasteiger partial charge in [0, 0.05) is 32.7 Å². The molecule has 0 spiro atoms. The van der Waals surface area contributed by atoms with Crippen LogP contribution in [0.5, 0.6) is 0 Å². The van der Waals surface area contributed by atoms with E-state index in [9.17, 15) is 4.79 Å². The zero-order valence-electron chi connectivity index (χ0n) is 12.7. The average Bonchev–Trinajstić information content (AvgIpc) is 2.53. The van der Waals surface area contributed by atoms with Gasteiger partial charge in [-0.25, -0.2) is 9.78 Å². The molecule has 1 aliphatic heterocycles. The van der Waals surface area contributed by atoms with E-state index in [1.54, 1.807) is 17.3 Å². The lowest BCUT2D eigenvalue weighted by Gasteiger charge is -2.34. The van der Waals surface area contributed by atoms with Crippen LogP contribution in [0.2, 0.25) is 0 Å². The fraction of sp³-hybridized carbons (Fsp3) is 0.643. The van der Waals surface area contributed by atoms with Gasteiger partial charge in [0.2, 0.25) is 0 Å². The van der Waals surface area contributed by atoms with Gasteiger partial charge in [0.05, 0.1) is 19.0 Å². The summed E-state index contributed by atoms with van der Waals surface area (Å²) >= 11 is 0. The van der Waals surface area contributed by atoms with E-state index in [1.165, 1.54) is 0 Å². The minimum absolute atomic E-state index is 0.235. The molecular weight excluding hydrogens is 270 g/mol. The zero-order chi connectivity index (χ0) is 15.1. The van der Waals surface area contributed by atoms with E-state index in [-0.39, 0.29) is 6.09 Å². The highest BCUT2D eigenvalue weighted by molar-refractivity contribution is 5.68. The summed E-state index contributed by atoms with van der Waals surface area (Å²) in [6, 6.07) is 0. The normalized spacial score (nSPS) is 15.0. The molecule has 1 fully saturated rings. The Labute approximate surface area is 125 Å². The zero-order valence-corrected chi connectivity index (χ0v) is 12.7. The smallest absolute Gasteiger partial charge is 0.409 e. The lowest BCUT2D eigenvalue weighted by atomic mass is 10.3. The Bertz CT molecular complexity index is 460. The third-order valence-electron chi connectivity index (χ3n) is 3.31. The van der Waals surface area contributed by atoms with E-state index in [2.05, 4.69) is 27.1 Å². The van der Waals surface area contributed by atoms with Crippen LogP contribution in [-0.4, -0.2) is 60.3 Å². The first-order chi connectivity index (χ1) is 10.2. The van der Waals surface area contributed by atoms with E-state index >= 15 is 0 Å². The standard InChI is InChI=1S/C14H23N5O2/c1-3-5-16-12-10-15-11-13(17-12)18-6-8-19(9-7-18)14(20)21-4-2/h10-11H,3-9H2,1-2H3,(H,16,17). The number of nitrogens with one attached hydrogen (secondary N) is 1. The van der Waals surface area contributed by atoms with Gasteiger partial charge < -0.3 is 19.9 Å². The summed E-state index contributed by atoms with van der Waals surface area (Å²) in [4.78, 5) is 24.3. The lowest BCUT2D eigenvalue weighted by molar-refractivity contribution is 0.105. The van der Waals surface area contributed by atoms with Crippen LogP contribution in [-0.2, 0) is 4.74 Å². The van der Waals surface area contributed by atoms with Crippen LogP contribution in [0.3, 0.4) is 0 Å². The Morgan fingerprint density at radius 1 is 1.29 bits per heavy atom. The predicted molar refractivity (Wildman–Crippen MR) is 81.6 cm³/mol. The molecule has 7 nitrogen and oxygen atoms in total. The van der Waals surface area contributed by atoms with E-state index in [1.807, 2.05) is 6.92 Å². The van der Waals surface area contributed by atoms with Crippen LogP contribution in [0.25, 0.3) is 0 Å². The number of hydrogen-bond acceptors (Lipinski definition) is 6. The highest BCUT2D eigenvalue weighted by Crippen LogP contribution is 2.15. The van der Waals surface area contributed by atoms with Crippen LogP contribution < -0.4 is 10.2 Å². The van der Waals surface area contributed by atoms with Crippen LogP contribution in [0.4, 0.5) is 16.4 Å². The fourth-order valence-corrected chi connectivity index (χ4v) is 2.18. The highest BCUT2D eigenvalue weighted by Gasteiger charge is 2.22. The van der Waals surface area contributed by atoms with Gasteiger partial charge in [0.25, 0.3) is 0 Å². The van der Waals surface area contributed by atoms with E-state index < -0.39 is 0 Å². The summed E-state index contributed by atoms with van der Waals surface area (Å²) in [6.45, 7) is 8.00. The molecule has 0 radical (unpaired) electrons. The topological polar surface area (TPSA) is 70.6 Å². The quantitative estimate of drug-likeness (QED) is 0.888. The number of amides is 1.